The predicted molar refractivity (Wildman–Crippen MR) is 141 cm³/mol. The first-order valence-corrected chi connectivity index (χ1v) is 14.3. The highest BCUT2D eigenvalue weighted by molar-refractivity contribution is 7.92. The Labute approximate surface area is 222 Å². The number of anilines is 1. The molecule has 12 heteroatoms. The maximum absolute atomic E-state index is 14.5. The number of aryl methyl sites for hydroxylation is 1. The average Bonchev–Trinajstić information content (AvgIpc) is 2.86. The van der Waals surface area contributed by atoms with Crippen LogP contribution in [0.15, 0.2) is 42.5 Å². The van der Waals surface area contributed by atoms with Gasteiger partial charge in [0.25, 0.3) is 5.69 Å². The molecule has 2 aromatic carbocycles. The van der Waals surface area contributed by atoms with Gasteiger partial charge in [-0.1, -0.05) is 43.5 Å². The van der Waals surface area contributed by atoms with Crippen LogP contribution in [0.3, 0.4) is 0 Å². The summed E-state index contributed by atoms with van der Waals surface area (Å²) >= 11 is 0. The number of nitrogens with one attached hydrogen (secondary N) is 1. The number of amides is 2. The molecule has 10 nitrogen and oxygen atoms in total. The Morgan fingerprint density at radius 3 is 2.42 bits per heavy atom. The number of carbonyl (C=O) groups excluding carboxylic acids is 2. The summed E-state index contributed by atoms with van der Waals surface area (Å²) in [6.45, 7) is 2.09. The van der Waals surface area contributed by atoms with Gasteiger partial charge in [-0.05, 0) is 38.3 Å². The maximum atomic E-state index is 14.5. The van der Waals surface area contributed by atoms with Gasteiger partial charge >= 0.3 is 0 Å². The quantitative estimate of drug-likeness (QED) is 0.356. The third-order valence-corrected chi connectivity index (χ3v) is 7.90. The number of rotatable bonds is 10. The minimum Gasteiger partial charge on any atom is -0.352 e. The number of hydrogen-bond donors (Lipinski definition) is 1. The molecule has 38 heavy (non-hydrogen) atoms. The van der Waals surface area contributed by atoms with E-state index in [1.807, 2.05) is 0 Å². The van der Waals surface area contributed by atoms with Crippen molar-refractivity contribution in [3.63, 3.8) is 0 Å². The van der Waals surface area contributed by atoms with Crippen molar-refractivity contribution in [1.82, 2.24) is 10.2 Å². The molecule has 1 fully saturated rings. The van der Waals surface area contributed by atoms with Crippen LogP contribution in [-0.2, 0) is 26.2 Å². The average molecular weight is 549 g/mol. The van der Waals surface area contributed by atoms with Gasteiger partial charge in [0.2, 0.25) is 21.8 Å². The number of sulfonamides is 1. The summed E-state index contributed by atoms with van der Waals surface area (Å²) in [7, 11) is -4.07. The number of nitrogens with zero attached hydrogens (tertiary/aromatic N) is 3. The van der Waals surface area contributed by atoms with E-state index in [1.54, 1.807) is 13.0 Å². The Balaban J connectivity index is 1.94. The van der Waals surface area contributed by atoms with Crippen molar-refractivity contribution in [3.8, 4) is 0 Å². The molecule has 1 atom stereocenters. The number of nitro benzene ring substituents is 1. The molecular weight excluding hydrogens is 515 g/mol. The highest BCUT2D eigenvalue weighted by Crippen LogP contribution is 2.28. The Hall–Kier alpha value is -3.54. The number of hydrogen-bond acceptors (Lipinski definition) is 6. The molecule has 0 unspecified atom stereocenters. The first kappa shape index (κ1) is 29.0. The van der Waals surface area contributed by atoms with Crippen LogP contribution in [0, 0.1) is 22.9 Å². The summed E-state index contributed by atoms with van der Waals surface area (Å²) in [5.41, 5.74) is 0.198. The minimum absolute atomic E-state index is 0.0239. The van der Waals surface area contributed by atoms with Gasteiger partial charge in [-0.15, -0.1) is 0 Å². The second-order valence-electron chi connectivity index (χ2n) is 9.63. The number of halogens is 1. The van der Waals surface area contributed by atoms with Gasteiger partial charge in [0.1, 0.15) is 18.4 Å². The molecule has 1 N–H and O–H groups in total. The molecule has 2 aromatic rings. The van der Waals surface area contributed by atoms with Crippen molar-refractivity contribution in [1.29, 1.82) is 0 Å². The van der Waals surface area contributed by atoms with E-state index in [0.29, 0.717) is 5.56 Å². The van der Waals surface area contributed by atoms with Crippen LogP contribution in [0.1, 0.15) is 50.2 Å². The minimum atomic E-state index is -4.07. The smallest absolute Gasteiger partial charge is 0.271 e. The zero-order valence-electron chi connectivity index (χ0n) is 21.7. The third kappa shape index (κ3) is 7.27. The topological polar surface area (TPSA) is 130 Å². The fraction of sp³-hybridized carbons (Fsp3) is 0.462. The number of non-ortho nitro benzene ring substituents is 1. The van der Waals surface area contributed by atoms with Gasteiger partial charge in [0.15, 0.2) is 0 Å². The molecule has 0 aromatic heterocycles. The van der Waals surface area contributed by atoms with E-state index in [-0.39, 0.29) is 29.5 Å². The molecule has 0 bridgehead atoms. The van der Waals surface area contributed by atoms with Gasteiger partial charge in [-0.25, -0.2) is 12.8 Å². The summed E-state index contributed by atoms with van der Waals surface area (Å²) in [5.74, 6) is -1.74. The van der Waals surface area contributed by atoms with E-state index < -0.39 is 45.2 Å². The van der Waals surface area contributed by atoms with Crippen LogP contribution in [-0.4, -0.2) is 54.9 Å². The normalized spacial score (nSPS) is 14.9. The van der Waals surface area contributed by atoms with E-state index in [4.69, 9.17) is 0 Å². The zero-order valence-corrected chi connectivity index (χ0v) is 22.5. The molecule has 1 saturated carbocycles. The molecular formula is C26H33FN4O6S. The second kappa shape index (κ2) is 12.3. The van der Waals surface area contributed by atoms with Crippen molar-refractivity contribution in [2.45, 2.75) is 64.6 Å². The van der Waals surface area contributed by atoms with E-state index in [1.165, 1.54) is 37.3 Å². The highest BCUT2D eigenvalue weighted by atomic mass is 32.2. The maximum Gasteiger partial charge on any atom is 0.271 e. The number of benzene rings is 2. The molecule has 3 rings (SSSR count). The summed E-state index contributed by atoms with van der Waals surface area (Å²) in [6, 6.07) is 8.49. The monoisotopic (exact) mass is 548 g/mol. The first-order chi connectivity index (χ1) is 17.9. The van der Waals surface area contributed by atoms with Crippen LogP contribution >= 0.6 is 0 Å². The molecule has 1 aliphatic carbocycles. The van der Waals surface area contributed by atoms with Crippen LogP contribution in [0.5, 0.6) is 0 Å². The van der Waals surface area contributed by atoms with Crippen LogP contribution in [0.2, 0.25) is 0 Å². The molecule has 0 saturated heterocycles. The lowest BCUT2D eigenvalue weighted by Crippen LogP contribution is -2.53. The van der Waals surface area contributed by atoms with E-state index in [9.17, 15) is 32.5 Å². The van der Waals surface area contributed by atoms with Gasteiger partial charge in [-0.2, -0.15) is 0 Å². The largest absolute Gasteiger partial charge is 0.352 e. The van der Waals surface area contributed by atoms with Crippen molar-refractivity contribution in [2.24, 2.45) is 0 Å². The lowest BCUT2D eigenvalue weighted by molar-refractivity contribution is -0.384. The van der Waals surface area contributed by atoms with Crippen molar-refractivity contribution >= 4 is 33.2 Å². The summed E-state index contributed by atoms with van der Waals surface area (Å²) in [4.78, 5) is 38.6. The van der Waals surface area contributed by atoms with E-state index >= 15 is 0 Å². The van der Waals surface area contributed by atoms with E-state index in [0.717, 1.165) is 53.6 Å². The van der Waals surface area contributed by atoms with Crippen LogP contribution in [0.4, 0.5) is 15.8 Å². The Bertz CT molecular complexity index is 1300. The Kier molecular flexibility index (Phi) is 9.42. The molecule has 0 heterocycles. The van der Waals surface area contributed by atoms with Crippen molar-refractivity contribution in [2.75, 3.05) is 17.1 Å². The third-order valence-electron chi connectivity index (χ3n) is 6.77. The summed E-state index contributed by atoms with van der Waals surface area (Å²) in [6.07, 6.45) is 5.62. The molecule has 0 spiro atoms. The lowest BCUT2D eigenvalue weighted by atomic mass is 9.95. The second-order valence-corrected chi connectivity index (χ2v) is 11.5. The molecule has 206 valence electrons. The Morgan fingerprint density at radius 1 is 1.16 bits per heavy atom. The fourth-order valence-electron chi connectivity index (χ4n) is 4.54. The summed E-state index contributed by atoms with van der Waals surface area (Å²) < 4.78 is 40.8. The lowest BCUT2D eigenvalue weighted by Gasteiger charge is -2.33. The van der Waals surface area contributed by atoms with E-state index in [2.05, 4.69) is 5.32 Å². The Morgan fingerprint density at radius 2 is 1.82 bits per heavy atom. The fourth-order valence-corrected chi connectivity index (χ4v) is 5.44. The molecule has 0 aliphatic heterocycles. The molecule has 2 amide bonds. The van der Waals surface area contributed by atoms with Crippen molar-refractivity contribution < 1.29 is 27.3 Å². The van der Waals surface area contributed by atoms with Gasteiger partial charge in [-0.3, -0.25) is 24.0 Å². The predicted octanol–water partition coefficient (Wildman–Crippen LogP) is 3.67. The van der Waals surface area contributed by atoms with Gasteiger partial charge in [0, 0.05) is 30.3 Å². The molecule has 0 radical (unpaired) electrons. The van der Waals surface area contributed by atoms with Gasteiger partial charge < -0.3 is 10.2 Å². The zero-order chi connectivity index (χ0) is 28.0. The van der Waals surface area contributed by atoms with Gasteiger partial charge in [0.05, 0.1) is 16.9 Å². The SMILES string of the molecule is Cc1ccc([N+](=O)[O-])cc1N(CC(=O)N(Cc1ccccc1F)[C@H](C)C(=O)NC1CCCCC1)S(C)(=O)=O. The number of nitro groups is 1. The van der Waals surface area contributed by atoms with Crippen LogP contribution in [0.25, 0.3) is 0 Å². The van der Waals surface area contributed by atoms with Crippen molar-refractivity contribution in [3.05, 3.63) is 69.5 Å². The molecule has 1 aliphatic rings. The standard InChI is InChI=1S/C26H33FN4O6S/c1-18-13-14-22(31(34)35)15-24(18)30(38(3,36)37)17-25(32)29(16-20-9-7-8-12-23(20)27)19(2)26(33)28-21-10-5-4-6-11-21/h7-9,12-15,19,21H,4-6,10-11,16-17H2,1-3H3,(H,28,33)/t19-/m1/s1. The first-order valence-electron chi connectivity index (χ1n) is 12.4. The summed E-state index contributed by atoms with van der Waals surface area (Å²) in [5, 5.41) is 14.3. The van der Waals surface area contributed by atoms with Crippen LogP contribution < -0.4 is 9.62 Å². The number of carbonyl (C=O) groups is 2. The highest BCUT2D eigenvalue weighted by Gasteiger charge is 2.32.